The molecule has 0 atom stereocenters. The summed E-state index contributed by atoms with van der Waals surface area (Å²) in [6.45, 7) is 7.69. The Kier molecular flexibility index (Phi) is 5.72. The third-order valence-corrected chi connectivity index (χ3v) is 2.51. The molecule has 3 nitrogen and oxygen atoms in total. The quantitative estimate of drug-likeness (QED) is 0.569. The van der Waals surface area contributed by atoms with E-state index in [-0.39, 0.29) is 0 Å². The summed E-state index contributed by atoms with van der Waals surface area (Å²) in [6.07, 6.45) is 1.07. The van der Waals surface area contributed by atoms with E-state index in [0.717, 1.165) is 44.1 Å². The van der Waals surface area contributed by atoms with Gasteiger partial charge in [-0.05, 0) is 25.5 Å². The fourth-order valence-electron chi connectivity index (χ4n) is 1.65. The number of nitrogen functional groups attached to an aromatic ring is 1. The lowest BCUT2D eigenvalue weighted by Crippen LogP contribution is -2.27. The van der Waals surface area contributed by atoms with Gasteiger partial charge >= 0.3 is 0 Å². The van der Waals surface area contributed by atoms with Crippen molar-refractivity contribution < 1.29 is 4.74 Å². The van der Waals surface area contributed by atoms with Gasteiger partial charge in [-0.15, -0.1) is 0 Å². The van der Waals surface area contributed by atoms with Crippen LogP contribution in [0, 0.1) is 0 Å². The minimum Gasteiger partial charge on any atom is -0.397 e. The Morgan fingerprint density at radius 3 is 2.56 bits per heavy atom. The normalized spacial score (nSPS) is 10.4. The van der Waals surface area contributed by atoms with Crippen LogP contribution >= 0.6 is 0 Å². The summed E-state index contributed by atoms with van der Waals surface area (Å²) < 4.78 is 5.49. The lowest BCUT2D eigenvalue weighted by Gasteiger charge is -2.24. The number of hydrogen-bond donors (Lipinski definition) is 1. The standard InChI is InChI=1S/C13H22N2O/c1-3-10-16-11-9-15(4-2)13-8-6-5-7-12(13)14/h5-8H,3-4,9-11,14H2,1-2H3. The summed E-state index contributed by atoms with van der Waals surface area (Å²) in [5, 5.41) is 0. The van der Waals surface area contributed by atoms with Crippen molar-refractivity contribution in [2.75, 3.05) is 36.9 Å². The van der Waals surface area contributed by atoms with E-state index in [9.17, 15) is 0 Å². The summed E-state index contributed by atoms with van der Waals surface area (Å²) in [5.74, 6) is 0. The monoisotopic (exact) mass is 222 g/mol. The predicted octanol–water partition coefficient (Wildman–Crippen LogP) is 2.52. The summed E-state index contributed by atoms with van der Waals surface area (Å²) >= 11 is 0. The molecule has 0 spiro atoms. The van der Waals surface area contributed by atoms with Crippen LogP contribution in [-0.2, 0) is 4.74 Å². The first-order valence-corrected chi connectivity index (χ1v) is 5.96. The largest absolute Gasteiger partial charge is 0.397 e. The van der Waals surface area contributed by atoms with Crippen LogP contribution in [-0.4, -0.2) is 26.3 Å². The molecular formula is C13H22N2O. The van der Waals surface area contributed by atoms with Gasteiger partial charge in [0.25, 0.3) is 0 Å². The van der Waals surface area contributed by atoms with E-state index < -0.39 is 0 Å². The van der Waals surface area contributed by atoms with Crippen molar-refractivity contribution in [3.05, 3.63) is 24.3 Å². The zero-order chi connectivity index (χ0) is 11.8. The van der Waals surface area contributed by atoms with Gasteiger partial charge in [-0.25, -0.2) is 0 Å². The lowest BCUT2D eigenvalue weighted by atomic mass is 10.2. The van der Waals surface area contributed by atoms with E-state index >= 15 is 0 Å². The summed E-state index contributed by atoms with van der Waals surface area (Å²) in [6, 6.07) is 7.96. The second kappa shape index (κ2) is 7.12. The Morgan fingerprint density at radius 2 is 1.94 bits per heavy atom. The van der Waals surface area contributed by atoms with Crippen molar-refractivity contribution in [3.8, 4) is 0 Å². The van der Waals surface area contributed by atoms with E-state index in [0.29, 0.717) is 0 Å². The first-order valence-electron chi connectivity index (χ1n) is 5.96. The number of para-hydroxylation sites is 2. The van der Waals surface area contributed by atoms with Crippen LogP contribution in [0.15, 0.2) is 24.3 Å². The van der Waals surface area contributed by atoms with Crippen LogP contribution in [0.25, 0.3) is 0 Å². The molecular weight excluding hydrogens is 200 g/mol. The van der Waals surface area contributed by atoms with Gasteiger partial charge in [-0.2, -0.15) is 0 Å². The highest BCUT2D eigenvalue weighted by Gasteiger charge is 2.06. The third kappa shape index (κ3) is 3.74. The average Bonchev–Trinajstić information content (AvgIpc) is 2.31. The summed E-state index contributed by atoms with van der Waals surface area (Å²) in [7, 11) is 0. The molecule has 0 fully saturated rings. The molecule has 0 aliphatic rings. The topological polar surface area (TPSA) is 38.5 Å². The van der Waals surface area contributed by atoms with Gasteiger partial charge in [-0.1, -0.05) is 19.1 Å². The second-order valence-electron chi connectivity index (χ2n) is 3.75. The number of nitrogens with zero attached hydrogens (tertiary/aromatic N) is 1. The van der Waals surface area contributed by atoms with Crippen LogP contribution in [0.1, 0.15) is 20.3 Å². The van der Waals surface area contributed by atoms with Gasteiger partial charge in [0.1, 0.15) is 0 Å². The van der Waals surface area contributed by atoms with Crippen molar-refractivity contribution in [2.45, 2.75) is 20.3 Å². The van der Waals surface area contributed by atoms with Crippen LogP contribution in [0.3, 0.4) is 0 Å². The number of benzene rings is 1. The molecule has 0 radical (unpaired) electrons. The molecule has 2 N–H and O–H groups in total. The Morgan fingerprint density at radius 1 is 1.19 bits per heavy atom. The molecule has 0 unspecified atom stereocenters. The van der Waals surface area contributed by atoms with Crippen LogP contribution in [0.5, 0.6) is 0 Å². The van der Waals surface area contributed by atoms with Crippen molar-refractivity contribution in [2.24, 2.45) is 0 Å². The smallest absolute Gasteiger partial charge is 0.0641 e. The fraction of sp³-hybridized carbons (Fsp3) is 0.538. The maximum atomic E-state index is 5.94. The molecule has 0 saturated heterocycles. The maximum Gasteiger partial charge on any atom is 0.0641 e. The summed E-state index contributed by atoms with van der Waals surface area (Å²) in [4.78, 5) is 2.24. The SMILES string of the molecule is CCCOCCN(CC)c1ccccc1N. The maximum absolute atomic E-state index is 5.94. The van der Waals surface area contributed by atoms with E-state index in [1.54, 1.807) is 0 Å². The van der Waals surface area contributed by atoms with E-state index in [1.165, 1.54) is 0 Å². The molecule has 16 heavy (non-hydrogen) atoms. The van der Waals surface area contributed by atoms with Crippen molar-refractivity contribution in [3.63, 3.8) is 0 Å². The van der Waals surface area contributed by atoms with Crippen LogP contribution in [0.4, 0.5) is 11.4 Å². The minimum absolute atomic E-state index is 0.760. The first-order chi connectivity index (χ1) is 7.79. The highest BCUT2D eigenvalue weighted by Crippen LogP contribution is 2.21. The third-order valence-electron chi connectivity index (χ3n) is 2.51. The molecule has 0 amide bonds. The first kappa shape index (κ1) is 12.8. The Labute approximate surface area is 98.2 Å². The zero-order valence-electron chi connectivity index (χ0n) is 10.3. The molecule has 0 heterocycles. The van der Waals surface area contributed by atoms with Gasteiger partial charge in [0.15, 0.2) is 0 Å². The minimum atomic E-state index is 0.760. The molecule has 0 aliphatic carbocycles. The van der Waals surface area contributed by atoms with Gasteiger partial charge < -0.3 is 15.4 Å². The predicted molar refractivity (Wildman–Crippen MR) is 69.9 cm³/mol. The van der Waals surface area contributed by atoms with E-state index in [2.05, 4.69) is 24.8 Å². The molecule has 0 aromatic heterocycles. The number of likely N-dealkylation sites (N-methyl/N-ethyl adjacent to an activating group) is 1. The summed E-state index contributed by atoms with van der Waals surface area (Å²) in [5.41, 5.74) is 7.88. The van der Waals surface area contributed by atoms with Gasteiger partial charge in [0.05, 0.1) is 18.0 Å². The molecule has 90 valence electrons. The highest BCUT2D eigenvalue weighted by atomic mass is 16.5. The number of nitrogens with two attached hydrogens (primary N) is 1. The van der Waals surface area contributed by atoms with Gasteiger partial charge in [-0.3, -0.25) is 0 Å². The Balaban J connectivity index is 2.51. The van der Waals surface area contributed by atoms with Gasteiger partial charge in [0.2, 0.25) is 0 Å². The van der Waals surface area contributed by atoms with Crippen molar-refractivity contribution in [1.82, 2.24) is 0 Å². The van der Waals surface area contributed by atoms with Crippen molar-refractivity contribution >= 4 is 11.4 Å². The second-order valence-corrected chi connectivity index (χ2v) is 3.75. The van der Waals surface area contributed by atoms with Crippen LogP contribution < -0.4 is 10.6 Å². The molecule has 0 aliphatic heterocycles. The van der Waals surface area contributed by atoms with E-state index in [1.807, 2.05) is 18.2 Å². The highest BCUT2D eigenvalue weighted by molar-refractivity contribution is 5.67. The number of rotatable bonds is 7. The molecule has 1 rings (SSSR count). The molecule has 1 aromatic carbocycles. The zero-order valence-corrected chi connectivity index (χ0v) is 10.3. The number of hydrogen-bond acceptors (Lipinski definition) is 3. The molecule has 0 bridgehead atoms. The van der Waals surface area contributed by atoms with E-state index in [4.69, 9.17) is 10.5 Å². The number of ether oxygens (including phenoxy) is 1. The average molecular weight is 222 g/mol. The number of anilines is 2. The Hall–Kier alpha value is -1.22. The van der Waals surface area contributed by atoms with Crippen molar-refractivity contribution in [1.29, 1.82) is 0 Å². The fourth-order valence-corrected chi connectivity index (χ4v) is 1.65. The molecule has 3 heteroatoms. The molecule has 0 saturated carbocycles. The van der Waals surface area contributed by atoms with Gasteiger partial charge in [0, 0.05) is 19.7 Å². The molecule has 1 aromatic rings. The van der Waals surface area contributed by atoms with Crippen LogP contribution in [0.2, 0.25) is 0 Å². The lowest BCUT2D eigenvalue weighted by molar-refractivity contribution is 0.141. The Bertz CT molecular complexity index is 302.